The van der Waals surface area contributed by atoms with Crippen molar-refractivity contribution in [1.29, 1.82) is 0 Å². The molecule has 0 bridgehead atoms. The standard InChI is InChI=1S/C29H29N3O5S/c1-21-7-9-23(10-8-21)27-30-28(38(33,34)24-11-12-25-26(19-24)36-18-17-35-25)29(37-27)32-15-13-31(14-16-32)20-22-5-3-2-4-6-22/h2-12,19H,13-18,20H2,1H3. The van der Waals surface area contributed by atoms with Gasteiger partial charge in [0, 0.05) is 44.4 Å². The molecule has 9 heteroatoms. The van der Waals surface area contributed by atoms with Crippen LogP contribution in [-0.4, -0.2) is 57.7 Å². The van der Waals surface area contributed by atoms with Crippen molar-refractivity contribution in [1.82, 2.24) is 9.88 Å². The lowest BCUT2D eigenvalue weighted by molar-refractivity contribution is 0.171. The lowest BCUT2D eigenvalue weighted by Crippen LogP contribution is -2.46. The van der Waals surface area contributed by atoms with Crippen molar-refractivity contribution in [2.24, 2.45) is 0 Å². The minimum Gasteiger partial charge on any atom is -0.486 e. The van der Waals surface area contributed by atoms with Crippen molar-refractivity contribution >= 4 is 15.7 Å². The fraction of sp³-hybridized carbons (Fsp3) is 0.276. The van der Waals surface area contributed by atoms with Crippen LogP contribution in [0.5, 0.6) is 11.5 Å². The molecule has 0 unspecified atom stereocenters. The summed E-state index contributed by atoms with van der Waals surface area (Å²) in [6.45, 7) is 6.45. The van der Waals surface area contributed by atoms with Gasteiger partial charge in [-0.3, -0.25) is 4.90 Å². The first kappa shape index (κ1) is 24.5. The number of oxazole rings is 1. The lowest BCUT2D eigenvalue weighted by atomic mass is 10.1. The molecule has 6 rings (SSSR count). The third-order valence-corrected chi connectivity index (χ3v) is 8.51. The minimum absolute atomic E-state index is 0.0822. The zero-order chi connectivity index (χ0) is 26.1. The molecule has 0 spiro atoms. The van der Waals surface area contributed by atoms with Crippen molar-refractivity contribution in [3.63, 3.8) is 0 Å². The van der Waals surface area contributed by atoms with Gasteiger partial charge in [-0.05, 0) is 36.8 Å². The molecule has 0 atom stereocenters. The summed E-state index contributed by atoms with van der Waals surface area (Å²) in [6, 6.07) is 22.7. The molecular formula is C29H29N3O5S. The van der Waals surface area contributed by atoms with Gasteiger partial charge in [-0.1, -0.05) is 48.0 Å². The SMILES string of the molecule is Cc1ccc(-c2nc(S(=O)(=O)c3ccc4c(c3)OCCO4)c(N3CCN(Cc4ccccc4)CC3)o2)cc1. The Bertz CT molecular complexity index is 1530. The highest BCUT2D eigenvalue weighted by molar-refractivity contribution is 7.91. The van der Waals surface area contributed by atoms with E-state index < -0.39 is 9.84 Å². The van der Waals surface area contributed by atoms with E-state index in [2.05, 4.69) is 22.0 Å². The predicted molar refractivity (Wildman–Crippen MR) is 143 cm³/mol. The van der Waals surface area contributed by atoms with Gasteiger partial charge in [0.15, 0.2) is 11.5 Å². The van der Waals surface area contributed by atoms with Gasteiger partial charge >= 0.3 is 0 Å². The molecule has 1 fully saturated rings. The van der Waals surface area contributed by atoms with E-state index in [1.165, 1.54) is 17.7 Å². The number of anilines is 1. The second-order valence-corrected chi connectivity index (χ2v) is 11.4. The number of hydrogen-bond donors (Lipinski definition) is 0. The first-order chi connectivity index (χ1) is 18.5. The number of aryl methyl sites for hydroxylation is 1. The normalized spacial score (nSPS) is 16.0. The van der Waals surface area contributed by atoms with Crippen molar-refractivity contribution in [3.05, 3.63) is 83.9 Å². The van der Waals surface area contributed by atoms with E-state index in [1.807, 2.05) is 54.3 Å². The summed E-state index contributed by atoms with van der Waals surface area (Å²) in [7, 11) is -4.01. The van der Waals surface area contributed by atoms with Crippen molar-refractivity contribution in [3.8, 4) is 23.0 Å². The summed E-state index contributed by atoms with van der Waals surface area (Å²) in [5.41, 5.74) is 3.08. The number of rotatable bonds is 6. The zero-order valence-corrected chi connectivity index (χ0v) is 22.0. The van der Waals surface area contributed by atoms with Gasteiger partial charge in [-0.25, -0.2) is 8.42 Å². The molecule has 38 heavy (non-hydrogen) atoms. The van der Waals surface area contributed by atoms with Crippen LogP contribution >= 0.6 is 0 Å². The van der Waals surface area contributed by atoms with Crippen LogP contribution in [0.3, 0.4) is 0 Å². The highest BCUT2D eigenvalue weighted by Crippen LogP contribution is 2.38. The van der Waals surface area contributed by atoms with E-state index in [1.54, 1.807) is 6.07 Å². The summed E-state index contributed by atoms with van der Waals surface area (Å²) in [5.74, 6) is 1.50. The maximum Gasteiger partial charge on any atom is 0.236 e. The van der Waals surface area contributed by atoms with E-state index in [0.717, 1.165) is 30.8 Å². The molecule has 1 saturated heterocycles. The maximum absolute atomic E-state index is 13.9. The van der Waals surface area contributed by atoms with Crippen LogP contribution in [-0.2, 0) is 16.4 Å². The zero-order valence-electron chi connectivity index (χ0n) is 21.2. The van der Waals surface area contributed by atoms with Crippen LogP contribution < -0.4 is 14.4 Å². The fourth-order valence-corrected chi connectivity index (χ4v) is 6.08. The molecule has 1 aromatic heterocycles. The van der Waals surface area contributed by atoms with Crippen LogP contribution in [0, 0.1) is 6.92 Å². The van der Waals surface area contributed by atoms with Gasteiger partial charge in [0.2, 0.25) is 26.6 Å². The topological polar surface area (TPSA) is 85.1 Å². The Balaban J connectivity index is 1.33. The number of fused-ring (bicyclic) bond motifs is 1. The summed E-state index contributed by atoms with van der Waals surface area (Å²) < 4.78 is 45.3. The van der Waals surface area contributed by atoms with Crippen LogP contribution in [0.4, 0.5) is 5.88 Å². The molecule has 3 aromatic carbocycles. The van der Waals surface area contributed by atoms with Gasteiger partial charge in [-0.2, -0.15) is 4.98 Å². The Kier molecular flexibility index (Phi) is 6.55. The molecule has 2 aliphatic rings. The smallest absolute Gasteiger partial charge is 0.236 e. The van der Waals surface area contributed by atoms with Gasteiger partial charge in [0.05, 0.1) is 4.90 Å². The predicted octanol–water partition coefficient (Wildman–Crippen LogP) is 4.58. The van der Waals surface area contributed by atoms with Gasteiger partial charge < -0.3 is 18.8 Å². The number of piperazine rings is 1. The largest absolute Gasteiger partial charge is 0.486 e. The molecule has 3 heterocycles. The van der Waals surface area contributed by atoms with Gasteiger partial charge in [0.25, 0.3) is 0 Å². The molecule has 0 N–H and O–H groups in total. The number of sulfone groups is 1. The Morgan fingerprint density at radius 2 is 1.55 bits per heavy atom. The number of benzene rings is 3. The Morgan fingerprint density at radius 3 is 2.29 bits per heavy atom. The highest BCUT2D eigenvalue weighted by Gasteiger charge is 2.33. The summed E-state index contributed by atoms with van der Waals surface area (Å²) in [6.07, 6.45) is 0. The molecule has 4 aromatic rings. The number of nitrogens with zero attached hydrogens (tertiary/aromatic N) is 3. The number of aromatic nitrogens is 1. The molecule has 8 nitrogen and oxygen atoms in total. The second kappa shape index (κ2) is 10.2. The summed E-state index contributed by atoms with van der Waals surface area (Å²) in [5, 5.41) is -0.0822. The summed E-state index contributed by atoms with van der Waals surface area (Å²) in [4.78, 5) is 8.98. The fourth-order valence-electron chi connectivity index (χ4n) is 4.75. The van der Waals surface area contributed by atoms with Gasteiger partial charge in [0.1, 0.15) is 13.2 Å². The maximum atomic E-state index is 13.9. The van der Waals surface area contributed by atoms with Crippen molar-refractivity contribution in [2.75, 3.05) is 44.3 Å². The molecule has 0 saturated carbocycles. The van der Waals surface area contributed by atoms with E-state index in [9.17, 15) is 8.42 Å². The second-order valence-electron chi connectivity index (χ2n) is 9.55. The van der Waals surface area contributed by atoms with E-state index in [4.69, 9.17) is 13.9 Å². The van der Waals surface area contributed by atoms with Crippen LogP contribution in [0.1, 0.15) is 11.1 Å². The molecular weight excluding hydrogens is 502 g/mol. The molecule has 0 aliphatic carbocycles. The quantitative estimate of drug-likeness (QED) is 0.358. The average molecular weight is 532 g/mol. The highest BCUT2D eigenvalue weighted by atomic mass is 32.2. The first-order valence-electron chi connectivity index (χ1n) is 12.7. The van der Waals surface area contributed by atoms with Crippen molar-refractivity contribution < 1.29 is 22.3 Å². The average Bonchev–Trinajstić information content (AvgIpc) is 3.41. The third kappa shape index (κ3) is 4.87. The van der Waals surface area contributed by atoms with Crippen LogP contribution in [0.2, 0.25) is 0 Å². The van der Waals surface area contributed by atoms with Crippen molar-refractivity contribution in [2.45, 2.75) is 23.4 Å². The first-order valence-corrected chi connectivity index (χ1v) is 14.2. The molecule has 0 amide bonds. The molecule has 0 radical (unpaired) electrons. The number of ether oxygens (including phenoxy) is 2. The molecule has 196 valence electrons. The van der Waals surface area contributed by atoms with Crippen LogP contribution in [0.15, 0.2) is 87.1 Å². The number of hydrogen-bond acceptors (Lipinski definition) is 8. The van der Waals surface area contributed by atoms with E-state index in [0.29, 0.717) is 37.8 Å². The Hall–Kier alpha value is -3.82. The van der Waals surface area contributed by atoms with Gasteiger partial charge in [-0.15, -0.1) is 0 Å². The Labute approximate surface area is 222 Å². The Morgan fingerprint density at radius 1 is 0.842 bits per heavy atom. The minimum atomic E-state index is -4.01. The summed E-state index contributed by atoms with van der Waals surface area (Å²) >= 11 is 0. The van der Waals surface area contributed by atoms with E-state index in [-0.39, 0.29) is 21.7 Å². The molecule has 2 aliphatic heterocycles. The third-order valence-electron chi connectivity index (χ3n) is 6.86. The lowest BCUT2D eigenvalue weighted by Gasteiger charge is -2.34. The van der Waals surface area contributed by atoms with Crippen LogP contribution in [0.25, 0.3) is 11.5 Å². The monoisotopic (exact) mass is 531 g/mol. The van der Waals surface area contributed by atoms with E-state index >= 15 is 0 Å².